The largest absolute Gasteiger partial charge is 0.508 e. The van der Waals surface area contributed by atoms with Crippen LogP contribution in [0.4, 0.5) is 0 Å². The average molecular weight is 237 g/mol. The number of esters is 1. The molecule has 0 bridgehead atoms. The molecule has 17 heavy (non-hydrogen) atoms. The predicted molar refractivity (Wildman–Crippen MR) is 65.8 cm³/mol. The van der Waals surface area contributed by atoms with Gasteiger partial charge in [0.1, 0.15) is 11.8 Å². The number of hydrogen-bond acceptors (Lipinski definition) is 4. The summed E-state index contributed by atoms with van der Waals surface area (Å²) in [6.45, 7) is 4.08. The maximum absolute atomic E-state index is 11.4. The molecule has 4 nitrogen and oxygen atoms in total. The van der Waals surface area contributed by atoms with Gasteiger partial charge in [-0.15, -0.1) is 0 Å². The van der Waals surface area contributed by atoms with Gasteiger partial charge in [-0.05, 0) is 30.5 Å². The van der Waals surface area contributed by atoms with Crippen LogP contribution < -0.4 is 5.73 Å². The third-order valence-corrected chi connectivity index (χ3v) is 2.58. The highest BCUT2D eigenvalue weighted by atomic mass is 16.5. The molecule has 1 aromatic rings. The Labute approximate surface area is 101 Å². The van der Waals surface area contributed by atoms with Gasteiger partial charge in [0.25, 0.3) is 0 Å². The van der Waals surface area contributed by atoms with Gasteiger partial charge in [0.15, 0.2) is 0 Å². The summed E-state index contributed by atoms with van der Waals surface area (Å²) in [5, 5.41) is 9.68. The van der Waals surface area contributed by atoms with Crippen LogP contribution >= 0.6 is 0 Å². The Morgan fingerprint density at radius 1 is 1.47 bits per heavy atom. The summed E-state index contributed by atoms with van der Waals surface area (Å²) in [6, 6.07) is 4.63. The molecule has 1 atom stereocenters. The van der Waals surface area contributed by atoms with Crippen molar-refractivity contribution in [1.29, 1.82) is 0 Å². The summed E-state index contributed by atoms with van der Waals surface area (Å²) in [5.41, 5.74) is 7.50. The van der Waals surface area contributed by atoms with E-state index in [9.17, 15) is 9.90 Å². The normalized spacial score (nSPS) is 12.2. The first-order valence-electron chi connectivity index (χ1n) is 5.81. The average Bonchev–Trinajstić information content (AvgIpc) is 2.32. The zero-order valence-electron chi connectivity index (χ0n) is 10.3. The quantitative estimate of drug-likeness (QED) is 0.759. The topological polar surface area (TPSA) is 72.5 Å². The highest BCUT2D eigenvalue weighted by Crippen LogP contribution is 2.20. The van der Waals surface area contributed by atoms with Crippen molar-refractivity contribution in [1.82, 2.24) is 0 Å². The number of carbonyl (C=O) groups is 1. The molecule has 0 aliphatic heterocycles. The summed E-state index contributed by atoms with van der Waals surface area (Å²) in [6.07, 6.45) is 1.17. The molecule has 0 spiro atoms. The molecule has 0 fully saturated rings. The van der Waals surface area contributed by atoms with Crippen LogP contribution in [0.1, 0.15) is 25.0 Å². The lowest BCUT2D eigenvalue weighted by atomic mass is 10.0. The van der Waals surface area contributed by atoms with Crippen molar-refractivity contribution >= 4 is 5.97 Å². The molecule has 0 heterocycles. The Morgan fingerprint density at radius 2 is 2.18 bits per heavy atom. The number of rotatable bonds is 5. The van der Waals surface area contributed by atoms with Crippen LogP contribution in [0.5, 0.6) is 5.75 Å². The van der Waals surface area contributed by atoms with Crippen LogP contribution in [-0.2, 0) is 22.4 Å². The van der Waals surface area contributed by atoms with Gasteiger partial charge in [0, 0.05) is 6.42 Å². The predicted octanol–water partition coefficient (Wildman–Crippen LogP) is 1.39. The number of aryl methyl sites for hydroxylation is 1. The van der Waals surface area contributed by atoms with Gasteiger partial charge in [-0.3, -0.25) is 4.79 Å². The number of hydrogen-bond donors (Lipinski definition) is 2. The zero-order chi connectivity index (χ0) is 12.8. The lowest BCUT2D eigenvalue weighted by Crippen LogP contribution is -2.34. The fraction of sp³-hybridized carbons (Fsp3) is 0.462. The second-order valence-corrected chi connectivity index (χ2v) is 3.88. The van der Waals surface area contributed by atoms with Crippen molar-refractivity contribution < 1.29 is 14.6 Å². The maximum Gasteiger partial charge on any atom is 0.323 e. The van der Waals surface area contributed by atoms with E-state index in [-0.39, 0.29) is 5.75 Å². The fourth-order valence-electron chi connectivity index (χ4n) is 1.59. The van der Waals surface area contributed by atoms with Crippen molar-refractivity contribution in [3.05, 3.63) is 29.3 Å². The zero-order valence-corrected chi connectivity index (χ0v) is 10.3. The molecular formula is C13H19NO3. The molecule has 1 unspecified atom stereocenters. The molecule has 0 saturated carbocycles. The van der Waals surface area contributed by atoms with E-state index in [0.29, 0.717) is 18.6 Å². The highest BCUT2D eigenvalue weighted by molar-refractivity contribution is 5.76. The van der Waals surface area contributed by atoms with E-state index in [1.807, 2.05) is 19.1 Å². The number of phenolic OH excluding ortho intramolecular Hbond substituents is 1. The molecule has 94 valence electrons. The third-order valence-electron chi connectivity index (χ3n) is 2.58. The Balaban J connectivity index is 2.76. The first kappa shape index (κ1) is 13.5. The Morgan fingerprint density at radius 3 is 2.76 bits per heavy atom. The van der Waals surface area contributed by atoms with E-state index in [2.05, 4.69) is 0 Å². The van der Waals surface area contributed by atoms with Crippen LogP contribution in [0.2, 0.25) is 0 Å². The second kappa shape index (κ2) is 6.25. The standard InChI is InChI=1S/C13H19NO3/c1-3-9-5-6-12(15)10(7-9)8-11(14)13(16)17-4-2/h5-7,11,15H,3-4,8,14H2,1-2H3. The molecule has 1 aromatic carbocycles. The Hall–Kier alpha value is -1.55. The van der Waals surface area contributed by atoms with E-state index < -0.39 is 12.0 Å². The van der Waals surface area contributed by atoms with Crippen LogP contribution in [0.15, 0.2) is 18.2 Å². The van der Waals surface area contributed by atoms with E-state index in [0.717, 1.165) is 12.0 Å². The van der Waals surface area contributed by atoms with E-state index in [1.54, 1.807) is 13.0 Å². The SMILES string of the molecule is CCOC(=O)C(N)Cc1cc(CC)ccc1O. The molecule has 0 amide bonds. The molecule has 3 N–H and O–H groups in total. The molecule has 0 aromatic heterocycles. The number of ether oxygens (including phenoxy) is 1. The van der Waals surface area contributed by atoms with Crippen LogP contribution in [0, 0.1) is 0 Å². The van der Waals surface area contributed by atoms with Gasteiger partial charge in [0.05, 0.1) is 6.61 Å². The van der Waals surface area contributed by atoms with Crippen LogP contribution in [0.3, 0.4) is 0 Å². The molecule has 1 rings (SSSR count). The van der Waals surface area contributed by atoms with E-state index in [1.165, 1.54) is 0 Å². The molecule has 0 aliphatic carbocycles. The van der Waals surface area contributed by atoms with Crippen molar-refractivity contribution in [2.24, 2.45) is 5.73 Å². The van der Waals surface area contributed by atoms with Crippen LogP contribution in [0.25, 0.3) is 0 Å². The van der Waals surface area contributed by atoms with Crippen molar-refractivity contribution in [2.45, 2.75) is 32.7 Å². The minimum Gasteiger partial charge on any atom is -0.508 e. The number of nitrogens with two attached hydrogens (primary N) is 1. The number of carbonyl (C=O) groups excluding carboxylic acids is 1. The lowest BCUT2D eigenvalue weighted by molar-refractivity contribution is -0.144. The smallest absolute Gasteiger partial charge is 0.323 e. The Bertz CT molecular complexity index is 390. The second-order valence-electron chi connectivity index (χ2n) is 3.88. The fourth-order valence-corrected chi connectivity index (χ4v) is 1.59. The molecular weight excluding hydrogens is 218 g/mol. The summed E-state index contributed by atoms with van der Waals surface area (Å²) < 4.78 is 4.83. The van der Waals surface area contributed by atoms with Gasteiger partial charge >= 0.3 is 5.97 Å². The van der Waals surface area contributed by atoms with E-state index >= 15 is 0 Å². The summed E-state index contributed by atoms with van der Waals surface area (Å²) in [5.74, 6) is -0.268. The Kier molecular flexibility index (Phi) is 4.97. The monoisotopic (exact) mass is 237 g/mol. The maximum atomic E-state index is 11.4. The van der Waals surface area contributed by atoms with Gasteiger partial charge in [-0.25, -0.2) is 0 Å². The summed E-state index contributed by atoms with van der Waals surface area (Å²) >= 11 is 0. The van der Waals surface area contributed by atoms with E-state index in [4.69, 9.17) is 10.5 Å². The minimum absolute atomic E-state index is 0.168. The van der Waals surface area contributed by atoms with Crippen molar-refractivity contribution in [3.8, 4) is 5.75 Å². The minimum atomic E-state index is -0.729. The van der Waals surface area contributed by atoms with Crippen molar-refractivity contribution in [2.75, 3.05) is 6.61 Å². The number of benzene rings is 1. The molecule has 0 aliphatic rings. The third kappa shape index (κ3) is 3.75. The summed E-state index contributed by atoms with van der Waals surface area (Å²) in [4.78, 5) is 11.4. The van der Waals surface area contributed by atoms with Crippen molar-refractivity contribution in [3.63, 3.8) is 0 Å². The van der Waals surface area contributed by atoms with Gasteiger partial charge < -0.3 is 15.6 Å². The van der Waals surface area contributed by atoms with Crippen LogP contribution in [-0.4, -0.2) is 23.7 Å². The molecule has 4 heteroatoms. The molecule has 0 radical (unpaired) electrons. The van der Waals surface area contributed by atoms with Gasteiger partial charge in [-0.1, -0.05) is 19.1 Å². The lowest BCUT2D eigenvalue weighted by Gasteiger charge is -2.12. The highest BCUT2D eigenvalue weighted by Gasteiger charge is 2.17. The van der Waals surface area contributed by atoms with Gasteiger partial charge in [0.2, 0.25) is 0 Å². The first-order valence-corrected chi connectivity index (χ1v) is 5.81. The summed E-state index contributed by atoms with van der Waals surface area (Å²) in [7, 11) is 0. The van der Waals surface area contributed by atoms with Gasteiger partial charge in [-0.2, -0.15) is 0 Å². The molecule has 0 saturated heterocycles. The first-order chi connectivity index (χ1) is 8.08. The number of phenols is 1. The number of aromatic hydroxyl groups is 1.